The molecule has 0 spiro atoms. The minimum absolute atomic E-state index is 0.0819. The van der Waals surface area contributed by atoms with Gasteiger partial charge in [0.05, 0.1) is 0 Å². The molecule has 0 aliphatic carbocycles. The molecule has 1 amide bonds. The van der Waals surface area contributed by atoms with Gasteiger partial charge in [-0.1, -0.05) is 20.3 Å². The number of carbonyl (C=O) groups excluding carboxylic acids is 1. The van der Waals surface area contributed by atoms with Crippen molar-refractivity contribution >= 4 is 11.9 Å². The Kier molecular flexibility index (Phi) is 5.59. The second-order valence-corrected chi connectivity index (χ2v) is 5.07. The summed E-state index contributed by atoms with van der Waals surface area (Å²) in [5, 5.41) is 8.95. The van der Waals surface area contributed by atoms with Gasteiger partial charge in [0, 0.05) is 32.1 Å². The number of aliphatic carboxylic acids is 1. The van der Waals surface area contributed by atoms with Crippen molar-refractivity contribution in [2.24, 2.45) is 5.92 Å². The molecule has 18 heavy (non-hydrogen) atoms. The van der Waals surface area contributed by atoms with Crippen LogP contribution in [-0.2, 0) is 9.59 Å². The molecule has 1 aliphatic heterocycles. The van der Waals surface area contributed by atoms with Crippen LogP contribution in [0.25, 0.3) is 0 Å². The largest absolute Gasteiger partial charge is 0.480 e. The summed E-state index contributed by atoms with van der Waals surface area (Å²) in [6.07, 6.45) is 1.94. The second-order valence-electron chi connectivity index (χ2n) is 5.07. The molecule has 2 unspecified atom stereocenters. The number of carboxylic acids is 1. The summed E-state index contributed by atoms with van der Waals surface area (Å²) < 4.78 is 0. The van der Waals surface area contributed by atoms with E-state index in [9.17, 15) is 9.59 Å². The highest BCUT2D eigenvalue weighted by atomic mass is 16.4. The minimum Gasteiger partial charge on any atom is -0.480 e. The van der Waals surface area contributed by atoms with Gasteiger partial charge in [-0.2, -0.15) is 0 Å². The molecule has 0 bridgehead atoms. The van der Waals surface area contributed by atoms with E-state index in [0.717, 1.165) is 12.8 Å². The third kappa shape index (κ3) is 3.70. The first-order valence-electron chi connectivity index (χ1n) is 6.73. The molecule has 1 saturated heterocycles. The van der Waals surface area contributed by atoms with Crippen molar-refractivity contribution in [3.63, 3.8) is 0 Å². The van der Waals surface area contributed by atoms with Crippen LogP contribution in [0.5, 0.6) is 0 Å². The van der Waals surface area contributed by atoms with Gasteiger partial charge in [0.25, 0.3) is 0 Å². The van der Waals surface area contributed by atoms with E-state index in [-0.39, 0.29) is 11.8 Å². The molecule has 1 heterocycles. The van der Waals surface area contributed by atoms with Gasteiger partial charge in [0.1, 0.15) is 6.04 Å². The third-order valence-corrected chi connectivity index (χ3v) is 3.67. The molecule has 5 heteroatoms. The summed E-state index contributed by atoms with van der Waals surface area (Å²) in [4.78, 5) is 26.8. The highest BCUT2D eigenvalue weighted by molar-refractivity contribution is 5.78. The Bertz CT molecular complexity index is 299. The van der Waals surface area contributed by atoms with Crippen LogP contribution in [0.1, 0.15) is 33.6 Å². The van der Waals surface area contributed by atoms with Gasteiger partial charge in [-0.15, -0.1) is 0 Å². The van der Waals surface area contributed by atoms with Crippen LogP contribution in [0.2, 0.25) is 0 Å². The average Bonchev–Trinajstić information content (AvgIpc) is 2.37. The summed E-state index contributed by atoms with van der Waals surface area (Å²) >= 11 is 0. The number of piperazine rings is 1. The Morgan fingerprint density at radius 2 is 1.72 bits per heavy atom. The van der Waals surface area contributed by atoms with Gasteiger partial charge in [0.2, 0.25) is 5.91 Å². The van der Waals surface area contributed by atoms with Gasteiger partial charge in [0.15, 0.2) is 0 Å². The monoisotopic (exact) mass is 256 g/mol. The fourth-order valence-electron chi connectivity index (χ4n) is 2.35. The Labute approximate surface area is 109 Å². The van der Waals surface area contributed by atoms with Gasteiger partial charge in [-0.05, 0) is 13.3 Å². The lowest BCUT2D eigenvalue weighted by atomic mass is 10.0. The fourth-order valence-corrected chi connectivity index (χ4v) is 2.35. The first kappa shape index (κ1) is 15.0. The maximum absolute atomic E-state index is 12.1. The molecule has 0 aromatic rings. The standard InChI is InChI=1S/C13H24N2O3/c1-4-5-10(2)12(16)15-8-6-14(7-9-15)11(3)13(17)18/h10-11H,4-9H2,1-3H3,(H,17,18). The van der Waals surface area contributed by atoms with E-state index < -0.39 is 12.0 Å². The normalized spacial score (nSPS) is 20.5. The summed E-state index contributed by atoms with van der Waals surface area (Å²) in [6, 6.07) is -0.463. The number of carbonyl (C=O) groups is 2. The molecular formula is C13H24N2O3. The number of amides is 1. The first-order valence-corrected chi connectivity index (χ1v) is 6.73. The predicted octanol–water partition coefficient (Wildman–Crippen LogP) is 1.04. The molecule has 1 aliphatic rings. The zero-order valence-corrected chi connectivity index (χ0v) is 11.6. The van der Waals surface area contributed by atoms with Crippen LogP contribution in [0, 0.1) is 5.92 Å². The predicted molar refractivity (Wildman–Crippen MR) is 69.3 cm³/mol. The summed E-state index contributed by atoms with van der Waals surface area (Å²) in [5.41, 5.74) is 0. The Balaban J connectivity index is 2.44. The van der Waals surface area contributed by atoms with E-state index in [0.29, 0.717) is 26.2 Å². The Hall–Kier alpha value is -1.10. The zero-order valence-electron chi connectivity index (χ0n) is 11.6. The molecule has 1 rings (SSSR count). The van der Waals surface area contributed by atoms with E-state index in [1.807, 2.05) is 16.7 Å². The minimum atomic E-state index is -0.797. The Morgan fingerprint density at radius 1 is 1.17 bits per heavy atom. The van der Waals surface area contributed by atoms with Gasteiger partial charge in [-0.25, -0.2) is 0 Å². The van der Waals surface area contributed by atoms with Crippen molar-refractivity contribution in [1.82, 2.24) is 9.80 Å². The van der Waals surface area contributed by atoms with Crippen molar-refractivity contribution in [2.45, 2.75) is 39.7 Å². The molecule has 2 atom stereocenters. The molecule has 1 N–H and O–H groups in total. The summed E-state index contributed by atoms with van der Waals surface area (Å²) in [6.45, 7) is 8.33. The molecule has 5 nitrogen and oxygen atoms in total. The van der Waals surface area contributed by atoms with Crippen LogP contribution >= 0.6 is 0 Å². The van der Waals surface area contributed by atoms with Crippen molar-refractivity contribution in [1.29, 1.82) is 0 Å². The number of rotatable bonds is 5. The molecule has 0 aromatic heterocycles. The average molecular weight is 256 g/mol. The second kappa shape index (κ2) is 6.73. The van der Waals surface area contributed by atoms with Gasteiger partial charge >= 0.3 is 5.97 Å². The topological polar surface area (TPSA) is 60.9 Å². The van der Waals surface area contributed by atoms with E-state index in [1.165, 1.54) is 0 Å². The van der Waals surface area contributed by atoms with Crippen molar-refractivity contribution < 1.29 is 14.7 Å². The SMILES string of the molecule is CCCC(C)C(=O)N1CCN(C(C)C(=O)O)CC1. The molecule has 0 aromatic carbocycles. The van der Waals surface area contributed by atoms with E-state index >= 15 is 0 Å². The zero-order chi connectivity index (χ0) is 13.7. The number of carboxylic acid groups (broad SMARTS) is 1. The number of nitrogens with zero attached hydrogens (tertiary/aromatic N) is 2. The maximum Gasteiger partial charge on any atom is 0.320 e. The van der Waals surface area contributed by atoms with E-state index in [1.54, 1.807) is 6.92 Å². The number of hydrogen-bond acceptors (Lipinski definition) is 3. The molecule has 0 radical (unpaired) electrons. The molecule has 104 valence electrons. The lowest BCUT2D eigenvalue weighted by Gasteiger charge is -2.37. The smallest absolute Gasteiger partial charge is 0.320 e. The van der Waals surface area contributed by atoms with Gasteiger partial charge < -0.3 is 10.0 Å². The summed E-state index contributed by atoms with van der Waals surface area (Å²) in [7, 11) is 0. The highest BCUT2D eigenvalue weighted by Crippen LogP contribution is 2.13. The van der Waals surface area contributed by atoms with Crippen LogP contribution in [0.3, 0.4) is 0 Å². The van der Waals surface area contributed by atoms with Crippen LogP contribution < -0.4 is 0 Å². The molecule has 1 fully saturated rings. The molecular weight excluding hydrogens is 232 g/mol. The fraction of sp³-hybridized carbons (Fsp3) is 0.846. The highest BCUT2D eigenvalue weighted by Gasteiger charge is 2.28. The van der Waals surface area contributed by atoms with Crippen molar-refractivity contribution in [3.8, 4) is 0 Å². The van der Waals surface area contributed by atoms with Crippen molar-refractivity contribution in [2.75, 3.05) is 26.2 Å². The Morgan fingerprint density at radius 3 is 2.17 bits per heavy atom. The maximum atomic E-state index is 12.1. The quantitative estimate of drug-likeness (QED) is 0.798. The van der Waals surface area contributed by atoms with Crippen LogP contribution in [0.4, 0.5) is 0 Å². The van der Waals surface area contributed by atoms with Crippen LogP contribution in [0.15, 0.2) is 0 Å². The number of hydrogen-bond donors (Lipinski definition) is 1. The lowest BCUT2D eigenvalue weighted by Crippen LogP contribution is -2.53. The lowest BCUT2D eigenvalue weighted by molar-refractivity contribution is -0.144. The van der Waals surface area contributed by atoms with Crippen molar-refractivity contribution in [3.05, 3.63) is 0 Å². The summed E-state index contributed by atoms with van der Waals surface area (Å²) in [5.74, 6) is -0.507. The van der Waals surface area contributed by atoms with E-state index in [4.69, 9.17) is 5.11 Å². The molecule has 0 saturated carbocycles. The van der Waals surface area contributed by atoms with Gasteiger partial charge in [-0.3, -0.25) is 14.5 Å². The third-order valence-electron chi connectivity index (χ3n) is 3.67. The van der Waals surface area contributed by atoms with Crippen LogP contribution in [-0.4, -0.2) is 59.0 Å². The van der Waals surface area contributed by atoms with E-state index in [2.05, 4.69) is 6.92 Å². The first-order chi connectivity index (χ1) is 8.47.